The highest BCUT2D eigenvalue weighted by atomic mass is 35.6. The smallest absolute Gasteiger partial charge is 0.335 e. The lowest BCUT2D eigenvalue weighted by atomic mass is 10.1. The lowest BCUT2D eigenvalue weighted by Gasteiger charge is -2.06. The SMILES string of the molecule is FC(F)(F)c1ccc(Cc2noc(C(Cl)(Cl)Cl)n2)cc1. The van der Waals surface area contributed by atoms with Crippen molar-refractivity contribution in [3.63, 3.8) is 0 Å². The van der Waals surface area contributed by atoms with Crippen LogP contribution in [-0.4, -0.2) is 10.1 Å². The molecule has 0 atom stereocenters. The Hall–Kier alpha value is -0.980. The molecule has 1 aromatic heterocycles. The van der Waals surface area contributed by atoms with Crippen LogP contribution in [0.2, 0.25) is 0 Å². The van der Waals surface area contributed by atoms with E-state index in [2.05, 4.69) is 10.1 Å². The van der Waals surface area contributed by atoms with Gasteiger partial charge in [-0.2, -0.15) is 18.2 Å². The monoisotopic (exact) mass is 344 g/mol. The average Bonchev–Trinajstić information content (AvgIpc) is 2.77. The molecule has 1 heterocycles. The Kier molecular flexibility index (Phi) is 4.18. The predicted octanol–water partition coefficient (Wildman–Crippen LogP) is 4.51. The Morgan fingerprint density at radius 3 is 2.10 bits per heavy atom. The second-order valence-electron chi connectivity index (χ2n) is 3.88. The molecule has 0 fully saturated rings. The molecule has 2 rings (SSSR count). The highest BCUT2D eigenvalue weighted by Crippen LogP contribution is 2.37. The fourth-order valence-corrected chi connectivity index (χ4v) is 1.67. The first kappa shape index (κ1) is 15.4. The van der Waals surface area contributed by atoms with Gasteiger partial charge in [0.25, 0.3) is 9.68 Å². The van der Waals surface area contributed by atoms with Gasteiger partial charge in [-0.05, 0) is 17.7 Å². The van der Waals surface area contributed by atoms with Gasteiger partial charge in [-0.15, -0.1) is 0 Å². The third kappa shape index (κ3) is 3.77. The summed E-state index contributed by atoms with van der Waals surface area (Å²) in [6.07, 6.45) is -4.20. The number of nitrogens with zero attached hydrogens (tertiary/aromatic N) is 2. The molecule has 0 saturated heterocycles. The minimum Gasteiger partial charge on any atom is -0.335 e. The van der Waals surface area contributed by atoms with E-state index >= 15 is 0 Å². The Balaban J connectivity index is 2.13. The quantitative estimate of drug-likeness (QED) is 0.752. The summed E-state index contributed by atoms with van der Waals surface area (Å²) in [7, 11) is 0. The molecule has 0 bridgehead atoms. The van der Waals surface area contributed by atoms with E-state index < -0.39 is 15.5 Å². The fourth-order valence-electron chi connectivity index (χ4n) is 1.44. The zero-order chi connectivity index (χ0) is 15.0. The van der Waals surface area contributed by atoms with Crippen molar-refractivity contribution >= 4 is 34.8 Å². The van der Waals surface area contributed by atoms with Gasteiger partial charge in [0.15, 0.2) is 5.82 Å². The topological polar surface area (TPSA) is 38.9 Å². The summed E-state index contributed by atoms with van der Waals surface area (Å²) in [6, 6.07) is 4.61. The predicted molar refractivity (Wildman–Crippen MR) is 67.8 cm³/mol. The molecule has 1 aromatic carbocycles. The summed E-state index contributed by atoms with van der Waals surface area (Å²) in [5.74, 6) is 0.0236. The molecule has 0 spiro atoms. The standard InChI is InChI=1S/C11H6Cl3F3N2O/c12-10(13,14)9-18-8(19-20-9)5-6-1-3-7(4-2-6)11(15,16)17/h1-4H,5H2. The average molecular weight is 346 g/mol. The fraction of sp³-hybridized carbons (Fsp3) is 0.273. The van der Waals surface area contributed by atoms with Crippen LogP contribution in [0.5, 0.6) is 0 Å². The van der Waals surface area contributed by atoms with E-state index in [-0.39, 0.29) is 18.1 Å². The van der Waals surface area contributed by atoms with Crippen LogP contribution in [0.25, 0.3) is 0 Å². The van der Waals surface area contributed by atoms with E-state index in [1.54, 1.807) is 0 Å². The van der Waals surface area contributed by atoms with E-state index in [0.717, 1.165) is 12.1 Å². The van der Waals surface area contributed by atoms with Crippen molar-refractivity contribution < 1.29 is 17.7 Å². The molecule has 0 aliphatic heterocycles. The second-order valence-corrected chi connectivity index (χ2v) is 6.17. The minimum absolute atomic E-state index is 0.169. The molecule has 0 N–H and O–H groups in total. The molecule has 0 amide bonds. The highest BCUT2D eigenvalue weighted by Gasteiger charge is 2.31. The van der Waals surface area contributed by atoms with Crippen molar-refractivity contribution in [3.05, 3.63) is 47.1 Å². The second kappa shape index (κ2) is 5.42. The number of aromatic nitrogens is 2. The number of benzene rings is 1. The van der Waals surface area contributed by atoms with Crippen molar-refractivity contribution in [1.29, 1.82) is 0 Å². The van der Waals surface area contributed by atoms with Crippen molar-refractivity contribution in [2.45, 2.75) is 16.4 Å². The largest absolute Gasteiger partial charge is 0.416 e. The van der Waals surface area contributed by atoms with E-state index in [1.807, 2.05) is 0 Å². The van der Waals surface area contributed by atoms with Crippen molar-refractivity contribution in [3.8, 4) is 0 Å². The summed E-state index contributed by atoms with van der Waals surface area (Å²) in [4.78, 5) is 3.85. The van der Waals surface area contributed by atoms with E-state index in [1.165, 1.54) is 12.1 Å². The molecular weight excluding hydrogens is 339 g/mol. The van der Waals surface area contributed by atoms with E-state index in [0.29, 0.717) is 5.56 Å². The number of rotatable bonds is 2. The molecule has 9 heteroatoms. The number of halogens is 6. The van der Waals surface area contributed by atoms with Gasteiger partial charge in [0.1, 0.15) is 0 Å². The summed E-state index contributed by atoms with van der Waals surface area (Å²) >= 11 is 16.7. The highest BCUT2D eigenvalue weighted by molar-refractivity contribution is 6.66. The Labute approximate surface area is 126 Å². The maximum atomic E-state index is 12.4. The molecule has 0 unspecified atom stereocenters. The lowest BCUT2D eigenvalue weighted by molar-refractivity contribution is -0.137. The first-order chi connectivity index (χ1) is 9.16. The van der Waals surface area contributed by atoms with Gasteiger partial charge in [-0.1, -0.05) is 52.1 Å². The normalized spacial score (nSPS) is 12.7. The van der Waals surface area contributed by atoms with Crippen LogP contribution < -0.4 is 0 Å². The van der Waals surface area contributed by atoms with Gasteiger partial charge < -0.3 is 4.52 Å². The van der Waals surface area contributed by atoms with Crippen LogP contribution in [0.3, 0.4) is 0 Å². The molecule has 3 nitrogen and oxygen atoms in total. The summed E-state index contributed by atoms with van der Waals surface area (Å²) in [5, 5.41) is 3.59. The van der Waals surface area contributed by atoms with Crippen molar-refractivity contribution in [2.24, 2.45) is 0 Å². The third-order valence-electron chi connectivity index (χ3n) is 2.35. The molecular formula is C11H6Cl3F3N2O. The zero-order valence-electron chi connectivity index (χ0n) is 9.59. The van der Waals surface area contributed by atoms with Crippen LogP contribution in [0.4, 0.5) is 13.2 Å². The van der Waals surface area contributed by atoms with Gasteiger partial charge in [-0.3, -0.25) is 0 Å². The maximum Gasteiger partial charge on any atom is 0.416 e. The molecule has 2 aromatic rings. The van der Waals surface area contributed by atoms with Gasteiger partial charge in [0.05, 0.1) is 5.56 Å². The number of alkyl halides is 6. The van der Waals surface area contributed by atoms with E-state index in [4.69, 9.17) is 39.3 Å². The van der Waals surface area contributed by atoms with Crippen LogP contribution >= 0.6 is 34.8 Å². The molecule has 0 radical (unpaired) electrons. The lowest BCUT2D eigenvalue weighted by Crippen LogP contribution is -2.04. The molecule has 0 aliphatic rings. The van der Waals surface area contributed by atoms with Crippen LogP contribution in [0.15, 0.2) is 28.8 Å². The van der Waals surface area contributed by atoms with Crippen molar-refractivity contribution in [2.75, 3.05) is 0 Å². The van der Waals surface area contributed by atoms with E-state index in [9.17, 15) is 13.2 Å². The zero-order valence-corrected chi connectivity index (χ0v) is 11.9. The van der Waals surface area contributed by atoms with Gasteiger partial charge >= 0.3 is 6.18 Å². The molecule has 20 heavy (non-hydrogen) atoms. The summed E-state index contributed by atoms with van der Waals surface area (Å²) in [5.41, 5.74) is -0.147. The number of hydrogen-bond donors (Lipinski definition) is 0. The molecule has 0 aliphatic carbocycles. The summed E-state index contributed by atoms with van der Waals surface area (Å²) in [6.45, 7) is 0. The Morgan fingerprint density at radius 2 is 1.65 bits per heavy atom. The molecule has 0 saturated carbocycles. The van der Waals surface area contributed by atoms with Crippen LogP contribution in [0.1, 0.15) is 22.8 Å². The Morgan fingerprint density at radius 1 is 1.05 bits per heavy atom. The van der Waals surface area contributed by atoms with Gasteiger partial charge in [-0.25, -0.2) is 0 Å². The van der Waals surface area contributed by atoms with Crippen LogP contribution in [-0.2, 0) is 16.4 Å². The summed E-state index contributed by atoms with van der Waals surface area (Å²) < 4.78 is 40.1. The minimum atomic E-state index is -4.37. The molecule has 108 valence electrons. The first-order valence-electron chi connectivity index (χ1n) is 5.22. The third-order valence-corrected chi connectivity index (χ3v) is 2.84. The first-order valence-corrected chi connectivity index (χ1v) is 6.35. The van der Waals surface area contributed by atoms with Gasteiger partial charge in [0.2, 0.25) is 0 Å². The Bertz CT molecular complexity index is 590. The van der Waals surface area contributed by atoms with Crippen molar-refractivity contribution in [1.82, 2.24) is 10.1 Å². The number of hydrogen-bond acceptors (Lipinski definition) is 3. The van der Waals surface area contributed by atoms with Gasteiger partial charge in [0, 0.05) is 6.42 Å². The van der Waals surface area contributed by atoms with Crippen LogP contribution in [0, 0.1) is 0 Å². The maximum absolute atomic E-state index is 12.4.